The van der Waals surface area contributed by atoms with E-state index in [0.29, 0.717) is 22.4 Å². The number of imidazole rings is 1. The van der Waals surface area contributed by atoms with Gasteiger partial charge in [0.1, 0.15) is 12.4 Å². The molecule has 0 radical (unpaired) electrons. The number of carbonyl (C=O) groups excluding carboxylic acids is 1. The fourth-order valence-corrected chi connectivity index (χ4v) is 2.45. The van der Waals surface area contributed by atoms with E-state index in [-0.39, 0.29) is 12.3 Å². The predicted octanol–water partition coefficient (Wildman–Crippen LogP) is 2.99. The molecule has 3 rings (SSSR count). The molecule has 0 amide bonds. The minimum Gasteiger partial charge on any atom is -0.480 e. The molecule has 3 aromatic rings. The molecule has 0 aliphatic carbocycles. The molecular formula is C17H14N2O3. The summed E-state index contributed by atoms with van der Waals surface area (Å²) in [6, 6.07) is 14.5. The van der Waals surface area contributed by atoms with Crippen molar-refractivity contribution in [2.24, 2.45) is 0 Å². The van der Waals surface area contributed by atoms with E-state index in [0.717, 1.165) is 5.56 Å². The number of carboxylic acids is 1. The van der Waals surface area contributed by atoms with E-state index >= 15 is 0 Å². The molecule has 22 heavy (non-hydrogen) atoms. The topological polar surface area (TPSA) is 72.2 Å². The lowest BCUT2D eigenvalue weighted by atomic mass is 10.1. The zero-order chi connectivity index (χ0) is 15.7. The Balaban J connectivity index is 2.25. The molecule has 1 aromatic heterocycles. The van der Waals surface area contributed by atoms with E-state index in [9.17, 15) is 9.59 Å². The van der Waals surface area contributed by atoms with Crippen LogP contribution >= 0.6 is 0 Å². The quantitative estimate of drug-likeness (QED) is 0.751. The SMILES string of the molecule is CC(=O)c1ccc2c(c1)nc(-c1ccccc1)n2CC(=O)O. The van der Waals surface area contributed by atoms with Crippen LogP contribution in [-0.2, 0) is 11.3 Å². The third kappa shape index (κ3) is 2.48. The predicted molar refractivity (Wildman–Crippen MR) is 82.8 cm³/mol. The van der Waals surface area contributed by atoms with Crippen molar-refractivity contribution in [1.82, 2.24) is 9.55 Å². The summed E-state index contributed by atoms with van der Waals surface area (Å²) in [5.74, 6) is -0.401. The van der Waals surface area contributed by atoms with Crippen LogP contribution in [-0.4, -0.2) is 26.4 Å². The summed E-state index contributed by atoms with van der Waals surface area (Å²) in [4.78, 5) is 27.2. The van der Waals surface area contributed by atoms with Crippen molar-refractivity contribution in [3.63, 3.8) is 0 Å². The van der Waals surface area contributed by atoms with Gasteiger partial charge in [-0.15, -0.1) is 0 Å². The summed E-state index contributed by atoms with van der Waals surface area (Å²) in [6.07, 6.45) is 0. The third-order valence-corrected chi connectivity index (χ3v) is 3.48. The number of aliphatic carboxylic acids is 1. The van der Waals surface area contributed by atoms with Gasteiger partial charge in [-0.3, -0.25) is 9.59 Å². The van der Waals surface area contributed by atoms with Gasteiger partial charge in [-0.05, 0) is 25.1 Å². The summed E-state index contributed by atoms with van der Waals surface area (Å²) >= 11 is 0. The third-order valence-electron chi connectivity index (χ3n) is 3.48. The van der Waals surface area contributed by atoms with E-state index in [1.54, 1.807) is 22.8 Å². The lowest BCUT2D eigenvalue weighted by Gasteiger charge is -2.06. The Morgan fingerprint density at radius 1 is 1.14 bits per heavy atom. The van der Waals surface area contributed by atoms with Crippen LogP contribution < -0.4 is 0 Å². The van der Waals surface area contributed by atoms with E-state index < -0.39 is 5.97 Å². The molecule has 0 aliphatic heterocycles. The van der Waals surface area contributed by atoms with Gasteiger partial charge in [0.2, 0.25) is 0 Å². The highest BCUT2D eigenvalue weighted by Gasteiger charge is 2.15. The summed E-state index contributed by atoms with van der Waals surface area (Å²) in [7, 11) is 0. The lowest BCUT2D eigenvalue weighted by Crippen LogP contribution is -2.10. The number of ketones is 1. The van der Waals surface area contributed by atoms with Gasteiger partial charge < -0.3 is 9.67 Å². The number of hydrogen-bond acceptors (Lipinski definition) is 3. The second kappa shape index (κ2) is 5.44. The van der Waals surface area contributed by atoms with Gasteiger partial charge in [-0.25, -0.2) is 4.98 Å². The van der Waals surface area contributed by atoms with Crippen molar-refractivity contribution in [3.8, 4) is 11.4 Å². The van der Waals surface area contributed by atoms with Crippen molar-refractivity contribution in [2.75, 3.05) is 0 Å². The highest BCUT2D eigenvalue weighted by atomic mass is 16.4. The van der Waals surface area contributed by atoms with Crippen LogP contribution in [0.4, 0.5) is 0 Å². The van der Waals surface area contributed by atoms with Crippen LogP contribution in [0.2, 0.25) is 0 Å². The number of benzene rings is 2. The van der Waals surface area contributed by atoms with Gasteiger partial charge in [0.05, 0.1) is 11.0 Å². The first-order valence-electron chi connectivity index (χ1n) is 6.84. The van der Waals surface area contributed by atoms with Crippen LogP contribution in [0.1, 0.15) is 17.3 Å². The number of nitrogens with zero attached hydrogens (tertiary/aromatic N) is 2. The van der Waals surface area contributed by atoms with E-state index in [1.165, 1.54) is 6.92 Å². The molecule has 1 heterocycles. The molecule has 0 unspecified atom stereocenters. The largest absolute Gasteiger partial charge is 0.480 e. The molecule has 0 aliphatic rings. The van der Waals surface area contributed by atoms with E-state index in [1.807, 2.05) is 30.3 Å². The van der Waals surface area contributed by atoms with Crippen molar-refractivity contribution < 1.29 is 14.7 Å². The number of Topliss-reactive ketones (excluding diaryl/α,β-unsaturated/α-hetero) is 1. The fourth-order valence-electron chi connectivity index (χ4n) is 2.45. The summed E-state index contributed by atoms with van der Waals surface area (Å²) in [5.41, 5.74) is 2.72. The van der Waals surface area contributed by atoms with Crippen LogP contribution in [0.25, 0.3) is 22.4 Å². The number of aromatic nitrogens is 2. The number of carbonyl (C=O) groups is 2. The molecule has 0 spiro atoms. The zero-order valence-corrected chi connectivity index (χ0v) is 12.0. The smallest absolute Gasteiger partial charge is 0.323 e. The molecule has 0 saturated heterocycles. The van der Waals surface area contributed by atoms with Crippen LogP contribution in [0.3, 0.4) is 0 Å². The molecule has 1 N–H and O–H groups in total. The Labute approximate surface area is 126 Å². The number of carboxylic acid groups (broad SMARTS) is 1. The minimum atomic E-state index is -0.938. The molecule has 5 heteroatoms. The number of fused-ring (bicyclic) bond motifs is 1. The Bertz CT molecular complexity index is 866. The molecular weight excluding hydrogens is 280 g/mol. The van der Waals surface area contributed by atoms with Crippen molar-refractivity contribution in [1.29, 1.82) is 0 Å². The van der Waals surface area contributed by atoms with Crippen molar-refractivity contribution >= 4 is 22.8 Å². The highest BCUT2D eigenvalue weighted by molar-refractivity contribution is 5.97. The minimum absolute atomic E-state index is 0.0454. The maximum absolute atomic E-state index is 11.5. The molecule has 0 bridgehead atoms. The fraction of sp³-hybridized carbons (Fsp3) is 0.118. The van der Waals surface area contributed by atoms with Gasteiger partial charge in [0, 0.05) is 11.1 Å². The first kappa shape index (κ1) is 14.0. The lowest BCUT2D eigenvalue weighted by molar-refractivity contribution is -0.137. The average molecular weight is 294 g/mol. The van der Waals surface area contributed by atoms with Crippen molar-refractivity contribution in [3.05, 3.63) is 54.1 Å². The van der Waals surface area contributed by atoms with Gasteiger partial charge in [0.15, 0.2) is 5.78 Å². The Kier molecular flexibility index (Phi) is 3.47. The summed E-state index contributed by atoms with van der Waals surface area (Å²) in [5, 5.41) is 9.16. The first-order valence-corrected chi connectivity index (χ1v) is 6.84. The monoisotopic (exact) mass is 294 g/mol. The van der Waals surface area contributed by atoms with Crippen molar-refractivity contribution in [2.45, 2.75) is 13.5 Å². The maximum atomic E-state index is 11.5. The zero-order valence-electron chi connectivity index (χ0n) is 12.0. The molecule has 0 fully saturated rings. The standard InChI is InChI=1S/C17H14N2O3/c1-11(20)13-7-8-15-14(9-13)18-17(19(15)10-16(21)22)12-5-3-2-4-6-12/h2-9H,10H2,1H3,(H,21,22). The molecule has 0 saturated carbocycles. The van der Waals surface area contributed by atoms with Crippen LogP contribution in [0, 0.1) is 0 Å². The normalized spacial score (nSPS) is 10.8. The number of hydrogen-bond donors (Lipinski definition) is 1. The Morgan fingerprint density at radius 2 is 1.86 bits per heavy atom. The first-order chi connectivity index (χ1) is 10.6. The Morgan fingerprint density at radius 3 is 2.50 bits per heavy atom. The second-order valence-electron chi connectivity index (χ2n) is 5.04. The maximum Gasteiger partial charge on any atom is 0.323 e. The van der Waals surface area contributed by atoms with Crippen LogP contribution in [0.5, 0.6) is 0 Å². The number of rotatable bonds is 4. The van der Waals surface area contributed by atoms with Gasteiger partial charge >= 0.3 is 5.97 Å². The van der Waals surface area contributed by atoms with E-state index in [4.69, 9.17) is 5.11 Å². The molecule has 5 nitrogen and oxygen atoms in total. The summed E-state index contributed by atoms with van der Waals surface area (Å²) < 4.78 is 1.65. The Hall–Kier alpha value is -2.95. The average Bonchev–Trinajstić information content (AvgIpc) is 2.85. The van der Waals surface area contributed by atoms with Gasteiger partial charge in [-0.1, -0.05) is 30.3 Å². The van der Waals surface area contributed by atoms with E-state index in [2.05, 4.69) is 4.98 Å². The molecule has 0 atom stereocenters. The summed E-state index contributed by atoms with van der Waals surface area (Å²) in [6.45, 7) is 1.31. The van der Waals surface area contributed by atoms with Gasteiger partial charge in [0.25, 0.3) is 0 Å². The van der Waals surface area contributed by atoms with Gasteiger partial charge in [-0.2, -0.15) is 0 Å². The second-order valence-corrected chi connectivity index (χ2v) is 5.04. The molecule has 110 valence electrons. The van der Waals surface area contributed by atoms with Crippen LogP contribution in [0.15, 0.2) is 48.5 Å². The highest BCUT2D eigenvalue weighted by Crippen LogP contribution is 2.25. The molecule has 2 aromatic carbocycles.